The van der Waals surface area contributed by atoms with Gasteiger partial charge in [-0.15, -0.1) is 12.4 Å². The van der Waals surface area contributed by atoms with Crippen molar-refractivity contribution in [1.29, 1.82) is 0 Å². The van der Waals surface area contributed by atoms with Crippen molar-refractivity contribution >= 4 is 12.4 Å². The third-order valence-electron chi connectivity index (χ3n) is 4.46. The molecule has 0 aliphatic carbocycles. The molecule has 0 saturated carbocycles. The lowest BCUT2D eigenvalue weighted by molar-refractivity contribution is 0.482. The zero-order valence-corrected chi connectivity index (χ0v) is 17.3. The number of halogens is 1. The monoisotopic (exact) mass is 417 g/mol. The van der Waals surface area contributed by atoms with E-state index in [1.807, 2.05) is 84.9 Å². The molecule has 4 heteroatoms. The molecule has 152 valence electrons. The van der Waals surface area contributed by atoms with Crippen LogP contribution in [0.1, 0.15) is 11.1 Å². The van der Waals surface area contributed by atoms with Gasteiger partial charge >= 0.3 is 0 Å². The lowest BCUT2D eigenvalue weighted by atomic mass is 10.2. The summed E-state index contributed by atoms with van der Waals surface area (Å²) in [5.41, 5.74) is 2.43. The minimum atomic E-state index is 0. The SMILES string of the molecule is Cl.c1ccc(Oc2ccc(CNCc3ccc(Oc4ccccc4)cc3)cc2)cc1. The number of para-hydroxylation sites is 2. The first-order chi connectivity index (χ1) is 14.3. The van der Waals surface area contributed by atoms with E-state index in [1.54, 1.807) is 0 Å². The van der Waals surface area contributed by atoms with E-state index in [0.717, 1.165) is 36.1 Å². The standard InChI is InChI=1S/C26H23NO2.ClH/c1-3-7-23(8-4-1)28-25-15-11-21(12-16-25)19-27-20-22-13-17-26(18-14-22)29-24-9-5-2-6-10-24;/h1-18,27H,19-20H2;1H. The Morgan fingerprint density at radius 3 is 1.13 bits per heavy atom. The first-order valence-corrected chi connectivity index (χ1v) is 9.69. The molecule has 3 nitrogen and oxygen atoms in total. The average Bonchev–Trinajstić information content (AvgIpc) is 2.78. The smallest absolute Gasteiger partial charge is 0.127 e. The molecule has 4 aromatic carbocycles. The average molecular weight is 418 g/mol. The molecular weight excluding hydrogens is 394 g/mol. The molecule has 4 rings (SSSR count). The van der Waals surface area contributed by atoms with Crippen LogP contribution < -0.4 is 14.8 Å². The molecule has 0 unspecified atom stereocenters. The second-order valence-corrected chi connectivity index (χ2v) is 6.72. The van der Waals surface area contributed by atoms with E-state index in [9.17, 15) is 0 Å². The third-order valence-corrected chi connectivity index (χ3v) is 4.46. The van der Waals surface area contributed by atoms with Gasteiger partial charge in [-0.25, -0.2) is 0 Å². The van der Waals surface area contributed by atoms with Crippen LogP contribution in [0.25, 0.3) is 0 Å². The summed E-state index contributed by atoms with van der Waals surface area (Å²) in [6, 6.07) is 36.0. The zero-order valence-electron chi connectivity index (χ0n) is 16.5. The molecule has 0 bridgehead atoms. The molecule has 0 saturated heterocycles. The molecule has 0 aliphatic rings. The Morgan fingerprint density at radius 2 is 0.767 bits per heavy atom. The van der Waals surface area contributed by atoms with Gasteiger partial charge in [0, 0.05) is 13.1 Å². The maximum Gasteiger partial charge on any atom is 0.127 e. The van der Waals surface area contributed by atoms with Crippen molar-refractivity contribution in [1.82, 2.24) is 5.32 Å². The Morgan fingerprint density at radius 1 is 0.433 bits per heavy atom. The Labute approximate surface area is 183 Å². The van der Waals surface area contributed by atoms with Crippen molar-refractivity contribution in [3.63, 3.8) is 0 Å². The molecular formula is C26H24ClNO2. The highest BCUT2D eigenvalue weighted by atomic mass is 35.5. The Kier molecular flexibility index (Phi) is 7.90. The fraction of sp³-hybridized carbons (Fsp3) is 0.0769. The highest BCUT2D eigenvalue weighted by Crippen LogP contribution is 2.22. The molecule has 0 spiro atoms. The van der Waals surface area contributed by atoms with Gasteiger partial charge in [-0.05, 0) is 59.7 Å². The van der Waals surface area contributed by atoms with Crippen LogP contribution in [0.3, 0.4) is 0 Å². The quantitative estimate of drug-likeness (QED) is 0.335. The van der Waals surface area contributed by atoms with Crippen molar-refractivity contribution in [3.05, 3.63) is 120 Å². The van der Waals surface area contributed by atoms with Gasteiger partial charge in [-0.2, -0.15) is 0 Å². The van der Waals surface area contributed by atoms with Gasteiger partial charge < -0.3 is 14.8 Å². The highest BCUT2D eigenvalue weighted by molar-refractivity contribution is 5.85. The summed E-state index contributed by atoms with van der Waals surface area (Å²) in [5, 5.41) is 3.47. The topological polar surface area (TPSA) is 30.5 Å². The van der Waals surface area contributed by atoms with Crippen LogP contribution in [0.2, 0.25) is 0 Å². The van der Waals surface area contributed by atoms with Crippen molar-refractivity contribution in [2.24, 2.45) is 0 Å². The van der Waals surface area contributed by atoms with Gasteiger partial charge in [0.2, 0.25) is 0 Å². The van der Waals surface area contributed by atoms with Crippen LogP contribution >= 0.6 is 12.4 Å². The molecule has 30 heavy (non-hydrogen) atoms. The summed E-state index contributed by atoms with van der Waals surface area (Å²) in [6.45, 7) is 1.60. The van der Waals surface area contributed by atoms with Crippen LogP contribution in [0.4, 0.5) is 0 Å². The van der Waals surface area contributed by atoms with E-state index in [1.165, 1.54) is 11.1 Å². The largest absolute Gasteiger partial charge is 0.457 e. The van der Waals surface area contributed by atoms with Gasteiger partial charge in [0.1, 0.15) is 23.0 Å². The van der Waals surface area contributed by atoms with Crippen LogP contribution in [0, 0.1) is 0 Å². The first-order valence-electron chi connectivity index (χ1n) is 9.69. The Balaban J connectivity index is 0.00000256. The van der Waals surface area contributed by atoms with Gasteiger partial charge in [0.05, 0.1) is 0 Å². The zero-order chi connectivity index (χ0) is 19.7. The lowest BCUT2D eigenvalue weighted by Crippen LogP contribution is -2.12. The second kappa shape index (κ2) is 11.1. The molecule has 1 N–H and O–H groups in total. The van der Waals surface area contributed by atoms with Gasteiger partial charge in [-0.3, -0.25) is 0 Å². The molecule has 0 aromatic heterocycles. The van der Waals surface area contributed by atoms with Gasteiger partial charge in [0.25, 0.3) is 0 Å². The summed E-state index contributed by atoms with van der Waals surface area (Å²) in [5.74, 6) is 3.37. The van der Waals surface area contributed by atoms with E-state index >= 15 is 0 Å². The maximum absolute atomic E-state index is 5.83. The normalized spacial score (nSPS) is 10.1. The number of hydrogen-bond donors (Lipinski definition) is 1. The molecule has 0 radical (unpaired) electrons. The van der Waals surface area contributed by atoms with E-state index in [0.29, 0.717) is 0 Å². The van der Waals surface area contributed by atoms with Crippen molar-refractivity contribution in [2.45, 2.75) is 13.1 Å². The summed E-state index contributed by atoms with van der Waals surface area (Å²) in [7, 11) is 0. The van der Waals surface area contributed by atoms with Crippen LogP contribution in [-0.4, -0.2) is 0 Å². The van der Waals surface area contributed by atoms with Gasteiger partial charge in [-0.1, -0.05) is 60.7 Å². The van der Waals surface area contributed by atoms with Gasteiger partial charge in [0.15, 0.2) is 0 Å². The summed E-state index contributed by atoms with van der Waals surface area (Å²) in [6.07, 6.45) is 0. The van der Waals surface area contributed by atoms with Crippen molar-refractivity contribution in [3.8, 4) is 23.0 Å². The molecule has 0 atom stereocenters. The molecule has 0 fully saturated rings. The Bertz CT molecular complexity index is 919. The number of ether oxygens (including phenoxy) is 2. The van der Waals surface area contributed by atoms with Crippen LogP contribution in [-0.2, 0) is 13.1 Å². The van der Waals surface area contributed by atoms with Crippen molar-refractivity contribution in [2.75, 3.05) is 0 Å². The molecule has 0 heterocycles. The molecule has 0 aliphatic heterocycles. The minimum Gasteiger partial charge on any atom is -0.457 e. The minimum absolute atomic E-state index is 0. The number of benzene rings is 4. The van der Waals surface area contributed by atoms with E-state index in [-0.39, 0.29) is 12.4 Å². The van der Waals surface area contributed by atoms with E-state index in [2.05, 4.69) is 29.6 Å². The fourth-order valence-electron chi connectivity index (χ4n) is 2.95. The number of rotatable bonds is 8. The summed E-state index contributed by atoms with van der Waals surface area (Å²) < 4.78 is 11.7. The number of nitrogens with one attached hydrogen (secondary N) is 1. The summed E-state index contributed by atoms with van der Waals surface area (Å²) in [4.78, 5) is 0. The van der Waals surface area contributed by atoms with E-state index in [4.69, 9.17) is 9.47 Å². The predicted molar refractivity (Wildman–Crippen MR) is 124 cm³/mol. The molecule has 4 aromatic rings. The third kappa shape index (κ3) is 6.38. The number of hydrogen-bond acceptors (Lipinski definition) is 3. The fourth-order valence-corrected chi connectivity index (χ4v) is 2.95. The highest BCUT2D eigenvalue weighted by Gasteiger charge is 2.00. The Hall–Kier alpha value is -3.27. The predicted octanol–water partition coefficient (Wildman–Crippen LogP) is 6.98. The van der Waals surface area contributed by atoms with Crippen LogP contribution in [0.5, 0.6) is 23.0 Å². The summed E-state index contributed by atoms with van der Waals surface area (Å²) >= 11 is 0. The molecule has 0 amide bonds. The maximum atomic E-state index is 5.83. The van der Waals surface area contributed by atoms with Crippen LogP contribution in [0.15, 0.2) is 109 Å². The van der Waals surface area contributed by atoms with Crippen molar-refractivity contribution < 1.29 is 9.47 Å². The lowest BCUT2D eigenvalue weighted by Gasteiger charge is -2.09. The first kappa shape index (κ1) is 21.4. The van der Waals surface area contributed by atoms with E-state index < -0.39 is 0 Å². The second-order valence-electron chi connectivity index (χ2n) is 6.72.